The number of nitrogens with zero attached hydrogens (tertiary/aromatic N) is 1. The van der Waals surface area contributed by atoms with Gasteiger partial charge in [0.05, 0.1) is 13.7 Å². The molecule has 0 radical (unpaired) electrons. The Labute approximate surface area is 143 Å². The predicted molar refractivity (Wildman–Crippen MR) is 93.4 cm³/mol. The Balaban J connectivity index is 1.71. The third-order valence-electron chi connectivity index (χ3n) is 4.25. The minimum Gasteiger partial charge on any atom is -0.493 e. The first kappa shape index (κ1) is 16.4. The summed E-state index contributed by atoms with van der Waals surface area (Å²) in [5.74, 6) is 1.56. The van der Waals surface area contributed by atoms with Gasteiger partial charge in [-0.15, -0.1) is 0 Å². The van der Waals surface area contributed by atoms with Gasteiger partial charge in [0, 0.05) is 18.7 Å². The largest absolute Gasteiger partial charge is 0.493 e. The van der Waals surface area contributed by atoms with Crippen LogP contribution in [0.1, 0.15) is 41.3 Å². The van der Waals surface area contributed by atoms with E-state index in [9.17, 15) is 4.79 Å². The van der Waals surface area contributed by atoms with Gasteiger partial charge < -0.3 is 14.4 Å². The lowest BCUT2D eigenvalue weighted by Crippen LogP contribution is -2.23. The van der Waals surface area contributed by atoms with Crippen LogP contribution in [-0.2, 0) is 13.1 Å². The molecule has 0 saturated heterocycles. The number of unbranched alkanes of at least 4 members (excludes halogenated alkanes) is 1. The van der Waals surface area contributed by atoms with E-state index in [1.807, 2.05) is 47.4 Å². The standard InChI is InChI=1S/C20H23NO3/c1-3-4-11-24-18-10-9-15(12-19(18)23-2)13-21-14-16-7-5-6-8-17(16)20(21)22/h5-10,12H,3-4,11,13-14H2,1-2H3. The lowest BCUT2D eigenvalue weighted by molar-refractivity contribution is 0.0766. The van der Waals surface area contributed by atoms with E-state index in [4.69, 9.17) is 9.47 Å². The molecule has 0 saturated carbocycles. The summed E-state index contributed by atoms with van der Waals surface area (Å²) in [5, 5.41) is 0. The minimum atomic E-state index is 0.0906. The zero-order chi connectivity index (χ0) is 16.9. The molecule has 0 aromatic heterocycles. The first-order valence-electron chi connectivity index (χ1n) is 8.39. The highest BCUT2D eigenvalue weighted by Gasteiger charge is 2.26. The fourth-order valence-corrected chi connectivity index (χ4v) is 2.92. The highest BCUT2D eigenvalue weighted by Crippen LogP contribution is 2.30. The van der Waals surface area contributed by atoms with Crippen LogP contribution in [0.5, 0.6) is 11.5 Å². The molecule has 2 aromatic rings. The van der Waals surface area contributed by atoms with Crippen molar-refractivity contribution in [3.05, 3.63) is 59.2 Å². The molecule has 24 heavy (non-hydrogen) atoms. The molecule has 0 unspecified atom stereocenters. The first-order chi connectivity index (χ1) is 11.7. The van der Waals surface area contributed by atoms with Gasteiger partial charge in [-0.1, -0.05) is 37.6 Å². The van der Waals surface area contributed by atoms with Crippen LogP contribution in [0.4, 0.5) is 0 Å². The van der Waals surface area contributed by atoms with E-state index < -0.39 is 0 Å². The van der Waals surface area contributed by atoms with E-state index in [1.165, 1.54) is 0 Å². The van der Waals surface area contributed by atoms with Crippen LogP contribution < -0.4 is 9.47 Å². The fourth-order valence-electron chi connectivity index (χ4n) is 2.92. The summed E-state index contributed by atoms with van der Waals surface area (Å²) < 4.78 is 11.2. The quantitative estimate of drug-likeness (QED) is 0.722. The van der Waals surface area contributed by atoms with E-state index in [0.717, 1.165) is 35.3 Å². The summed E-state index contributed by atoms with van der Waals surface area (Å²) in [5.41, 5.74) is 2.94. The summed E-state index contributed by atoms with van der Waals surface area (Å²) in [6.07, 6.45) is 2.11. The van der Waals surface area contributed by atoms with Gasteiger partial charge in [-0.3, -0.25) is 4.79 Å². The topological polar surface area (TPSA) is 38.8 Å². The molecule has 0 fully saturated rings. The Morgan fingerprint density at radius 2 is 1.96 bits per heavy atom. The third kappa shape index (κ3) is 3.37. The number of hydrogen-bond acceptors (Lipinski definition) is 3. The Morgan fingerprint density at radius 1 is 1.12 bits per heavy atom. The van der Waals surface area contributed by atoms with Crippen molar-refractivity contribution in [1.29, 1.82) is 0 Å². The van der Waals surface area contributed by atoms with Crippen molar-refractivity contribution in [3.63, 3.8) is 0 Å². The fraction of sp³-hybridized carbons (Fsp3) is 0.350. The number of amides is 1. The van der Waals surface area contributed by atoms with Crippen molar-refractivity contribution in [2.24, 2.45) is 0 Å². The van der Waals surface area contributed by atoms with Crippen LogP contribution in [0, 0.1) is 0 Å². The van der Waals surface area contributed by atoms with Crippen LogP contribution >= 0.6 is 0 Å². The molecule has 3 rings (SSSR count). The monoisotopic (exact) mass is 325 g/mol. The average molecular weight is 325 g/mol. The van der Waals surface area contributed by atoms with Crippen LogP contribution in [0.25, 0.3) is 0 Å². The summed E-state index contributed by atoms with van der Waals surface area (Å²) in [6.45, 7) is 4.05. The van der Waals surface area contributed by atoms with Crippen molar-refractivity contribution in [2.75, 3.05) is 13.7 Å². The predicted octanol–water partition coefficient (Wildman–Crippen LogP) is 4.03. The Kier molecular flexibility index (Phi) is 5.04. The lowest BCUT2D eigenvalue weighted by Gasteiger charge is -2.17. The summed E-state index contributed by atoms with van der Waals surface area (Å²) in [4.78, 5) is 14.3. The molecule has 1 aliphatic rings. The van der Waals surface area contributed by atoms with Crippen molar-refractivity contribution in [2.45, 2.75) is 32.9 Å². The van der Waals surface area contributed by atoms with Crippen LogP contribution in [0.15, 0.2) is 42.5 Å². The zero-order valence-corrected chi connectivity index (χ0v) is 14.2. The number of ether oxygens (including phenoxy) is 2. The van der Waals surface area contributed by atoms with Gasteiger partial charge in [-0.05, 0) is 35.7 Å². The number of fused-ring (bicyclic) bond motifs is 1. The summed E-state index contributed by atoms with van der Waals surface area (Å²) >= 11 is 0. The Morgan fingerprint density at radius 3 is 2.71 bits per heavy atom. The van der Waals surface area contributed by atoms with E-state index in [-0.39, 0.29) is 5.91 Å². The highest BCUT2D eigenvalue weighted by molar-refractivity contribution is 5.98. The number of carbonyl (C=O) groups is 1. The molecule has 0 aliphatic carbocycles. The normalized spacial score (nSPS) is 13.1. The van der Waals surface area contributed by atoms with Gasteiger partial charge in [0.15, 0.2) is 11.5 Å². The van der Waals surface area contributed by atoms with E-state index in [2.05, 4.69) is 6.92 Å². The second-order valence-corrected chi connectivity index (χ2v) is 6.01. The van der Waals surface area contributed by atoms with Gasteiger partial charge in [0.25, 0.3) is 5.91 Å². The average Bonchev–Trinajstić information content (AvgIpc) is 2.92. The van der Waals surface area contributed by atoms with Gasteiger partial charge in [-0.25, -0.2) is 0 Å². The molecule has 4 nitrogen and oxygen atoms in total. The van der Waals surface area contributed by atoms with Gasteiger partial charge in [-0.2, -0.15) is 0 Å². The Hall–Kier alpha value is -2.49. The molecule has 1 amide bonds. The van der Waals surface area contributed by atoms with Crippen molar-refractivity contribution in [1.82, 2.24) is 4.90 Å². The Bertz CT molecular complexity index is 727. The summed E-state index contributed by atoms with van der Waals surface area (Å²) in [7, 11) is 1.64. The second-order valence-electron chi connectivity index (χ2n) is 6.01. The molecular weight excluding hydrogens is 302 g/mol. The van der Waals surface area contributed by atoms with E-state index >= 15 is 0 Å². The molecule has 1 heterocycles. The minimum absolute atomic E-state index is 0.0906. The molecule has 2 aromatic carbocycles. The maximum absolute atomic E-state index is 12.5. The summed E-state index contributed by atoms with van der Waals surface area (Å²) in [6, 6.07) is 13.7. The molecule has 126 valence electrons. The molecule has 0 N–H and O–H groups in total. The highest BCUT2D eigenvalue weighted by atomic mass is 16.5. The van der Waals surface area contributed by atoms with Crippen LogP contribution in [0.2, 0.25) is 0 Å². The molecule has 0 spiro atoms. The van der Waals surface area contributed by atoms with Crippen molar-refractivity contribution in [3.8, 4) is 11.5 Å². The van der Waals surface area contributed by atoms with E-state index in [1.54, 1.807) is 7.11 Å². The first-order valence-corrected chi connectivity index (χ1v) is 8.39. The number of carbonyl (C=O) groups excluding carboxylic acids is 1. The second kappa shape index (κ2) is 7.39. The SMILES string of the molecule is CCCCOc1ccc(CN2Cc3ccccc3C2=O)cc1OC. The smallest absolute Gasteiger partial charge is 0.254 e. The zero-order valence-electron chi connectivity index (χ0n) is 14.2. The van der Waals surface area contributed by atoms with E-state index in [0.29, 0.717) is 25.4 Å². The molecule has 4 heteroatoms. The van der Waals surface area contributed by atoms with Gasteiger partial charge in [0.1, 0.15) is 0 Å². The number of benzene rings is 2. The molecule has 0 atom stereocenters. The van der Waals surface area contributed by atoms with Gasteiger partial charge >= 0.3 is 0 Å². The number of rotatable bonds is 7. The van der Waals surface area contributed by atoms with Crippen molar-refractivity contribution >= 4 is 5.91 Å². The molecule has 1 aliphatic heterocycles. The van der Waals surface area contributed by atoms with Crippen LogP contribution in [-0.4, -0.2) is 24.5 Å². The maximum Gasteiger partial charge on any atom is 0.254 e. The number of hydrogen-bond donors (Lipinski definition) is 0. The van der Waals surface area contributed by atoms with Crippen LogP contribution in [0.3, 0.4) is 0 Å². The maximum atomic E-state index is 12.5. The number of methoxy groups -OCH3 is 1. The van der Waals surface area contributed by atoms with Gasteiger partial charge in [0.2, 0.25) is 0 Å². The van der Waals surface area contributed by atoms with Crippen molar-refractivity contribution < 1.29 is 14.3 Å². The lowest BCUT2D eigenvalue weighted by atomic mass is 10.1. The third-order valence-corrected chi connectivity index (χ3v) is 4.25. The molecule has 0 bridgehead atoms. The molecular formula is C20H23NO3.